The molecule has 2 N–H and O–H groups in total. The van der Waals surface area contributed by atoms with E-state index in [2.05, 4.69) is 0 Å². The van der Waals surface area contributed by atoms with Crippen LogP contribution in [0, 0.1) is 6.92 Å². The van der Waals surface area contributed by atoms with Gasteiger partial charge in [-0.15, -0.1) is 0 Å². The molecule has 1 aromatic rings. The highest BCUT2D eigenvalue weighted by molar-refractivity contribution is 5.35. The molecule has 0 bridgehead atoms. The van der Waals surface area contributed by atoms with Crippen molar-refractivity contribution in [3.63, 3.8) is 0 Å². The standard InChI is InChI=1S/C10H14O2/c1-7-3-4-10(12)9(5-7)6-8(2)11/h3-5,8,11-12H,6H2,1-2H3/t8-/m1/s1. The normalized spacial score (nSPS) is 12.9. The summed E-state index contributed by atoms with van der Waals surface area (Å²) < 4.78 is 0. The summed E-state index contributed by atoms with van der Waals surface area (Å²) in [6.45, 7) is 3.67. The van der Waals surface area contributed by atoms with Crippen molar-refractivity contribution >= 4 is 0 Å². The number of hydrogen-bond donors (Lipinski definition) is 2. The lowest BCUT2D eigenvalue weighted by atomic mass is 10.1. The zero-order valence-electron chi connectivity index (χ0n) is 7.41. The third kappa shape index (κ3) is 2.24. The van der Waals surface area contributed by atoms with E-state index in [-0.39, 0.29) is 5.75 Å². The summed E-state index contributed by atoms with van der Waals surface area (Å²) in [6.07, 6.45) is 0.103. The smallest absolute Gasteiger partial charge is 0.118 e. The fourth-order valence-corrected chi connectivity index (χ4v) is 1.20. The van der Waals surface area contributed by atoms with Crippen LogP contribution in [0.25, 0.3) is 0 Å². The van der Waals surface area contributed by atoms with Crippen molar-refractivity contribution in [2.24, 2.45) is 0 Å². The summed E-state index contributed by atoms with van der Waals surface area (Å²) in [5.74, 6) is 0.265. The van der Waals surface area contributed by atoms with Crippen LogP contribution in [0.3, 0.4) is 0 Å². The quantitative estimate of drug-likeness (QED) is 0.701. The van der Waals surface area contributed by atoms with Crippen LogP contribution in [-0.4, -0.2) is 16.3 Å². The fourth-order valence-electron chi connectivity index (χ4n) is 1.20. The van der Waals surface area contributed by atoms with Gasteiger partial charge in [0, 0.05) is 6.42 Å². The molecular formula is C10H14O2. The van der Waals surface area contributed by atoms with Crippen LogP contribution < -0.4 is 0 Å². The highest BCUT2D eigenvalue weighted by Gasteiger charge is 2.04. The van der Waals surface area contributed by atoms with Gasteiger partial charge in [-0.25, -0.2) is 0 Å². The monoisotopic (exact) mass is 166 g/mol. The number of rotatable bonds is 2. The van der Waals surface area contributed by atoms with Crippen LogP contribution >= 0.6 is 0 Å². The fraction of sp³-hybridized carbons (Fsp3) is 0.400. The highest BCUT2D eigenvalue weighted by atomic mass is 16.3. The van der Waals surface area contributed by atoms with Gasteiger partial charge in [0.25, 0.3) is 0 Å². The predicted molar refractivity (Wildman–Crippen MR) is 48.2 cm³/mol. The van der Waals surface area contributed by atoms with Crippen LogP contribution in [0.2, 0.25) is 0 Å². The Balaban J connectivity index is 2.90. The molecular weight excluding hydrogens is 152 g/mol. The number of aliphatic hydroxyl groups is 1. The van der Waals surface area contributed by atoms with Gasteiger partial charge in [0.05, 0.1) is 6.10 Å². The molecule has 66 valence electrons. The van der Waals surface area contributed by atoms with E-state index in [0.29, 0.717) is 6.42 Å². The molecule has 0 aliphatic rings. The van der Waals surface area contributed by atoms with Crippen LogP contribution in [0.4, 0.5) is 0 Å². The van der Waals surface area contributed by atoms with Crippen LogP contribution in [0.5, 0.6) is 5.75 Å². The third-order valence-electron chi connectivity index (χ3n) is 1.75. The first-order valence-corrected chi connectivity index (χ1v) is 4.06. The zero-order valence-corrected chi connectivity index (χ0v) is 7.41. The highest BCUT2D eigenvalue weighted by Crippen LogP contribution is 2.19. The lowest BCUT2D eigenvalue weighted by Gasteiger charge is -2.07. The number of phenolic OH excluding ortho intramolecular Hbond substituents is 1. The Kier molecular flexibility index (Phi) is 2.71. The van der Waals surface area contributed by atoms with Gasteiger partial charge in [-0.2, -0.15) is 0 Å². The SMILES string of the molecule is Cc1ccc(O)c(C[C@@H](C)O)c1. The minimum atomic E-state index is -0.405. The Morgan fingerprint density at radius 2 is 2.08 bits per heavy atom. The first-order chi connectivity index (χ1) is 5.59. The molecule has 0 amide bonds. The van der Waals surface area contributed by atoms with Gasteiger partial charge >= 0.3 is 0 Å². The Bertz CT molecular complexity index is 267. The molecule has 2 heteroatoms. The molecule has 1 aromatic carbocycles. The number of aromatic hydroxyl groups is 1. The molecule has 0 spiro atoms. The maximum atomic E-state index is 9.37. The van der Waals surface area contributed by atoms with Gasteiger partial charge in [0.15, 0.2) is 0 Å². The Labute approximate surface area is 72.5 Å². The molecule has 1 rings (SSSR count). The molecule has 2 nitrogen and oxygen atoms in total. The van der Waals surface area contributed by atoms with E-state index in [9.17, 15) is 5.11 Å². The van der Waals surface area contributed by atoms with Crippen LogP contribution in [0.15, 0.2) is 18.2 Å². The zero-order chi connectivity index (χ0) is 9.14. The molecule has 1 atom stereocenters. The van der Waals surface area contributed by atoms with Gasteiger partial charge in [0.1, 0.15) is 5.75 Å². The van der Waals surface area contributed by atoms with Crippen molar-refractivity contribution < 1.29 is 10.2 Å². The molecule has 0 aromatic heterocycles. The third-order valence-corrected chi connectivity index (χ3v) is 1.75. The van der Waals surface area contributed by atoms with Crippen molar-refractivity contribution in [3.05, 3.63) is 29.3 Å². The molecule has 0 fully saturated rings. The minimum absolute atomic E-state index is 0.265. The molecule has 0 heterocycles. The van der Waals surface area contributed by atoms with E-state index in [4.69, 9.17) is 5.11 Å². The van der Waals surface area contributed by atoms with Gasteiger partial charge in [-0.1, -0.05) is 17.7 Å². The Morgan fingerprint density at radius 3 is 2.67 bits per heavy atom. The predicted octanol–water partition coefficient (Wildman–Crippen LogP) is 1.62. The van der Waals surface area contributed by atoms with E-state index in [1.54, 1.807) is 13.0 Å². The van der Waals surface area contributed by atoms with Crippen LogP contribution in [0.1, 0.15) is 18.1 Å². The average Bonchev–Trinajstić information content (AvgIpc) is 1.96. The summed E-state index contributed by atoms with van der Waals surface area (Å²) in [6, 6.07) is 5.40. The molecule has 12 heavy (non-hydrogen) atoms. The maximum absolute atomic E-state index is 9.37. The van der Waals surface area contributed by atoms with Crippen molar-refractivity contribution in [1.82, 2.24) is 0 Å². The molecule has 0 unspecified atom stereocenters. The van der Waals surface area contributed by atoms with E-state index < -0.39 is 6.10 Å². The van der Waals surface area contributed by atoms with Crippen molar-refractivity contribution in [2.75, 3.05) is 0 Å². The topological polar surface area (TPSA) is 40.5 Å². The first-order valence-electron chi connectivity index (χ1n) is 4.06. The second-order valence-electron chi connectivity index (χ2n) is 3.19. The number of phenols is 1. The summed E-state index contributed by atoms with van der Waals surface area (Å²) in [5.41, 5.74) is 1.91. The molecule has 0 saturated carbocycles. The minimum Gasteiger partial charge on any atom is -0.508 e. The maximum Gasteiger partial charge on any atom is 0.118 e. The van der Waals surface area contributed by atoms with E-state index >= 15 is 0 Å². The largest absolute Gasteiger partial charge is 0.508 e. The lowest BCUT2D eigenvalue weighted by Crippen LogP contribution is -2.04. The Morgan fingerprint density at radius 1 is 1.42 bits per heavy atom. The van der Waals surface area contributed by atoms with Gasteiger partial charge in [-0.3, -0.25) is 0 Å². The first kappa shape index (κ1) is 9.07. The summed E-state index contributed by atoms with van der Waals surface area (Å²) >= 11 is 0. The van der Waals surface area contributed by atoms with Crippen LogP contribution in [-0.2, 0) is 6.42 Å². The number of aryl methyl sites for hydroxylation is 1. The van der Waals surface area contributed by atoms with Crippen molar-refractivity contribution in [1.29, 1.82) is 0 Å². The lowest BCUT2D eigenvalue weighted by molar-refractivity contribution is 0.194. The van der Waals surface area contributed by atoms with Gasteiger partial charge in [-0.05, 0) is 25.5 Å². The van der Waals surface area contributed by atoms with Gasteiger partial charge < -0.3 is 10.2 Å². The van der Waals surface area contributed by atoms with Crippen molar-refractivity contribution in [3.8, 4) is 5.75 Å². The molecule has 0 aliphatic carbocycles. The molecule has 0 saturated heterocycles. The molecule has 0 radical (unpaired) electrons. The van der Waals surface area contributed by atoms with E-state index in [1.165, 1.54) is 0 Å². The summed E-state index contributed by atoms with van der Waals surface area (Å²) in [4.78, 5) is 0. The van der Waals surface area contributed by atoms with Crippen molar-refractivity contribution in [2.45, 2.75) is 26.4 Å². The number of aliphatic hydroxyl groups excluding tert-OH is 1. The second-order valence-corrected chi connectivity index (χ2v) is 3.19. The summed E-state index contributed by atoms with van der Waals surface area (Å²) in [5, 5.41) is 18.5. The van der Waals surface area contributed by atoms with Gasteiger partial charge in [0.2, 0.25) is 0 Å². The van der Waals surface area contributed by atoms with E-state index in [1.807, 2.05) is 19.1 Å². The Hall–Kier alpha value is -1.02. The average molecular weight is 166 g/mol. The van der Waals surface area contributed by atoms with E-state index in [0.717, 1.165) is 11.1 Å². The molecule has 0 aliphatic heterocycles. The number of benzene rings is 1. The number of hydrogen-bond acceptors (Lipinski definition) is 2. The second kappa shape index (κ2) is 3.59. The summed E-state index contributed by atoms with van der Waals surface area (Å²) in [7, 11) is 0.